The van der Waals surface area contributed by atoms with E-state index in [1.165, 1.54) is 0 Å². The highest BCUT2D eigenvalue weighted by Crippen LogP contribution is 2.23. The van der Waals surface area contributed by atoms with E-state index in [4.69, 9.17) is 4.74 Å². The Morgan fingerprint density at radius 3 is 2.35 bits per heavy atom. The summed E-state index contributed by atoms with van der Waals surface area (Å²) in [5.74, 6) is -0.994. The summed E-state index contributed by atoms with van der Waals surface area (Å²) in [6.45, 7) is 0.129. The SMILES string of the molecule is O=C(O)CC(NC(=O)OCc1ccccc1)c1ccc2ccccc2c1. The molecule has 0 saturated heterocycles. The van der Waals surface area contributed by atoms with E-state index < -0.39 is 18.1 Å². The van der Waals surface area contributed by atoms with Crippen LogP contribution in [-0.2, 0) is 16.1 Å². The summed E-state index contributed by atoms with van der Waals surface area (Å²) in [5.41, 5.74) is 1.59. The number of fused-ring (bicyclic) bond motifs is 1. The molecule has 0 aliphatic carbocycles. The summed E-state index contributed by atoms with van der Waals surface area (Å²) in [5, 5.41) is 13.9. The van der Waals surface area contributed by atoms with Crippen molar-refractivity contribution in [1.29, 1.82) is 0 Å². The Bertz CT molecular complexity index is 908. The molecule has 132 valence electrons. The van der Waals surface area contributed by atoms with Gasteiger partial charge in [0.2, 0.25) is 0 Å². The van der Waals surface area contributed by atoms with Crippen LogP contribution in [0.3, 0.4) is 0 Å². The van der Waals surface area contributed by atoms with Crippen LogP contribution in [0, 0.1) is 0 Å². The van der Waals surface area contributed by atoms with Crippen molar-refractivity contribution >= 4 is 22.8 Å². The van der Waals surface area contributed by atoms with Gasteiger partial charge >= 0.3 is 12.1 Å². The van der Waals surface area contributed by atoms with Gasteiger partial charge in [-0.1, -0.05) is 66.7 Å². The molecule has 3 aromatic rings. The standard InChI is InChI=1S/C21H19NO4/c23-20(24)13-19(18-11-10-16-8-4-5-9-17(16)12-18)22-21(25)26-14-15-6-2-1-3-7-15/h1-12,19H,13-14H2,(H,22,25)(H,23,24). The number of carboxylic acids is 1. The third kappa shape index (κ3) is 4.60. The van der Waals surface area contributed by atoms with Crippen molar-refractivity contribution in [3.63, 3.8) is 0 Å². The van der Waals surface area contributed by atoms with Gasteiger partial charge in [0.05, 0.1) is 12.5 Å². The van der Waals surface area contributed by atoms with Gasteiger partial charge in [0.15, 0.2) is 0 Å². The Kier molecular flexibility index (Phi) is 5.49. The highest BCUT2D eigenvalue weighted by Gasteiger charge is 2.19. The molecule has 3 rings (SSSR count). The van der Waals surface area contributed by atoms with Gasteiger partial charge in [0.25, 0.3) is 0 Å². The van der Waals surface area contributed by atoms with Crippen LogP contribution in [0.2, 0.25) is 0 Å². The van der Waals surface area contributed by atoms with Crippen molar-refractivity contribution in [3.05, 3.63) is 83.9 Å². The van der Waals surface area contributed by atoms with Crippen LogP contribution < -0.4 is 5.32 Å². The van der Waals surface area contributed by atoms with Crippen molar-refractivity contribution in [2.75, 3.05) is 0 Å². The lowest BCUT2D eigenvalue weighted by Crippen LogP contribution is -2.30. The largest absolute Gasteiger partial charge is 0.481 e. The molecule has 0 bridgehead atoms. The van der Waals surface area contributed by atoms with E-state index in [9.17, 15) is 14.7 Å². The fraction of sp³-hybridized carbons (Fsp3) is 0.143. The van der Waals surface area contributed by atoms with Crippen molar-refractivity contribution in [2.24, 2.45) is 0 Å². The van der Waals surface area contributed by atoms with Crippen LogP contribution in [0.15, 0.2) is 72.8 Å². The zero-order chi connectivity index (χ0) is 18.4. The quantitative estimate of drug-likeness (QED) is 0.696. The third-order valence-corrected chi connectivity index (χ3v) is 4.06. The molecule has 3 aromatic carbocycles. The Morgan fingerprint density at radius 1 is 0.923 bits per heavy atom. The van der Waals surface area contributed by atoms with E-state index in [0.29, 0.717) is 0 Å². The number of carbonyl (C=O) groups is 2. The highest BCUT2D eigenvalue weighted by atomic mass is 16.5. The van der Waals surface area contributed by atoms with Crippen molar-refractivity contribution in [3.8, 4) is 0 Å². The molecule has 0 aliphatic heterocycles. The predicted molar refractivity (Wildman–Crippen MR) is 98.7 cm³/mol. The molecule has 26 heavy (non-hydrogen) atoms. The predicted octanol–water partition coefficient (Wildman–Crippen LogP) is 4.28. The molecule has 1 amide bonds. The van der Waals surface area contributed by atoms with E-state index in [0.717, 1.165) is 21.9 Å². The minimum atomic E-state index is -0.994. The number of benzene rings is 3. The maximum absolute atomic E-state index is 12.1. The van der Waals surface area contributed by atoms with Crippen LogP contribution in [0.4, 0.5) is 4.79 Å². The Balaban J connectivity index is 1.72. The van der Waals surface area contributed by atoms with E-state index in [-0.39, 0.29) is 13.0 Å². The van der Waals surface area contributed by atoms with Crippen molar-refractivity contribution in [1.82, 2.24) is 5.32 Å². The molecule has 1 atom stereocenters. The number of hydrogen-bond donors (Lipinski definition) is 2. The Hall–Kier alpha value is -3.34. The average molecular weight is 349 g/mol. The second kappa shape index (κ2) is 8.16. The van der Waals surface area contributed by atoms with Crippen LogP contribution in [0.25, 0.3) is 10.8 Å². The molecule has 0 fully saturated rings. The van der Waals surface area contributed by atoms with Gasteiger partial charge in [-0.15, -0.1) is 0 Å². The second-order valence-corrected chi connectivity index (χ2v) is 5.96. The first-order chi connectivity index (χ1) is 12.6. The van der Waals surface area contributed by atoms with E-state index >= 15 is 0 Å². The normalized spacial score (nSPS) is 11.7. The van der Waals surface area contributed by atoms with Crippen LogP contribution >= 0.6 is 0 Å². The summed E-state index contributed by atoms with van der Waals surface area (Å²) in [6, 6.07) is 22.1. The molecule has 0 saturated carbocycles. The summed E-state index contributed by atoms with van der Waals surface area (Å²) < 4.78 is 5.21. The fourth-order valence-electron chi connectivity index (χ4n) is 2.76. The van der Waals surface area contributed by atoms with Crippen LogP contribution in [0.5, 0.6) is 0 Å². The average Bonchev–Trinajstić information content (AvgIpc) is 2.66. The second-order valence-electron chi connectivity index (χ2n) is 5.96. The monoisotopic (exact) mass is 349 g/mol. The molecule has 5 heteroatoms. The molecule has 5 nitrogen and oxygen atoms in total. The number of nitrogens with one attached hydrogen (secondary N) is 1. The van der Waals surface area contributed by atoms with Gasteiger partial charge in [-0.2, -0.15) is 0 Å². The van der Waals surface area contributed by atoms with Crippen molar-refractivity contribution in [2.45, 2.75) is 19.1 Å². The molecular weight excluding hydrogens is 330 g/mol. The first-order valence-corrected chi connectivity index (χ1v) is 8.29. The summed E-state index contributed by atoms with van der Waals surface area (Å²) in [4.78, 5) is 23.3. The van der Waals surface area contributed by atoms with Crippen LogP contribution in [-0.4, -0.2) is 17.2 Å². The van der Waals surface area contributed by atoms with Gasteiger partial charge in [0.1, 0.15) is 6.61 Å². The number of hydrogen-bond acceptors (Lipinski definition) is 3. The van der Waals surface area contributed by atoms with Crippen molar-refractivity contribution < 1.29 is 19.4 Å². The third-order valence-electron chi connectivity index (χ3n) is 4.06. The molecule has 0 aliphatic rings. The number of carboxylic acid groups (broad SMARTS) is 1. The lowest BCUT2D eigenvalue weighted by atomic mass is 10.00. The van der Waals surface area contributed by atoms with Gasteiger partial charge in [-0.25, -0.2) is 4.79 Å². The summed E-state index contributed by atoms with van der Waals surface area (Å²) in [6.07, 6.45) is -0.869. The minimum Gasteiger partial charge on any atom is -0.481 e. The zero-order valence-electron chi connectivity index (χ0n) is 14.1. The number of amides is 1. The number of aliphatic carboxylic acids is 1. The fourth-order valence-corrected chi connectivity index (χ4v) is 2.76. The molecule has 0 radical (unpaired) electrons. The molecule has 0 spiro atoms. The van der Waals surface area contributed by atoms with Crippen LogP contribution in [0.1, 0.15) is 23.6 Å². The van der Waals surface area contributed by atoms with E-state index in [1.54, 1.807) is 0 Å². The molecule has 1 unspecified atom stereocenters. The first kappa shape index (κ1) is 17.5. The zero-order valence-corrected chi connectivity index (χ0v) is 14.1. The topological polar surface area (TPSA) is 75.6 Å². The lowest BCUT2D eigenvalue weighted by Gasteiger charge is -2.18. The van der Waals surface area contributed by atoms with E-state index in [2.05, 4.69) is 5.32 Å². The Morgan fingerprint density at radius 2 is 1.62 bits per heavy atom. The number of alkyl carbamates (subject to hydrolysis) is 1. The van der Waals surface area contributed by atoms with E-state index in [1.807, 2.05) is 72.8 Å². The van der Waals surface area contributed by atoms with Gasteiger partial charge < -0.3 is 15.2 Å². The summed E-state index contributed by atoms with van der Waals surface area (Å²) in [7, 11) is 0. The summed E-state index contributed by atoms with van der Waals surface area (Å²) >= 11 is 0. The first-order valence-electron chi connectivity index (χ1n) is 8.29. The minimum absolute atomic E-state index is 0.129. The highest BCUT2D eigenvalue weighted by molar-refractivity contribution is 5.83. The lowest BCUT2D eigenvalue weighted by molar-refractivity contribution is -0.137. The number of ether oxygens (including phenoxy) is 1. The molecule has 2 N–H and O–H groups in total. The maximum Gasteiger partial charge on any atom is 0.407 e. The van der Waals surface area contributed by atoms with Gasteiger partial charge in [0, 0.05) is 0 Å². The molecule has 0 heterocycles. The number of rotatable bonds is 6. The van der Waals surface area contributed by atoms with Gasteiger partial charge in [-0.05, 0) is 28.0 Å². The Labute approximate surface area is 151 Å². The number of carbonyl (C=O) groups excluding carboxylic acids is 1. The van der Waals surface area contributed by atoms with Gasteiger partial charge in [-0.3, -0.25) is 4.79 Å². The maximum atomic E-state index is 12.1. The smallest absolute Gasteiger partial charge is 0.407 e. The molecule has 0 aromatic heterocycles. The molecular formula is C21H19NO4.